The summed E-state index contributed by atoms with van der Waals surface area (Å²) in [5.74, 6) is 0.788. The second kappa shape index (κ2) is 10.7. The fourth-order valence-corrected chi connectivity index (χ4v) is 3.33. The SMILES string of the molecule is C=C(C#N)C(=O)Nc1cccc(-c2c(Oc3ccc(Oc4ccccc4)cc3)ccnc2C(N)=O)c1. The van der Waals surface area contributed by atoms with Gasteiger partial charge in [-0.1, -0.05) is 36.9 Å². The Morgan fingerprint density at radius 3 is 2.22 bits per heavy atom. The van der Waals surface area contributed by atoms with Gasteiger partial charge in [0.25, 0.3) is 11.8 Å². The van der Waals surface area contributed by atoms with Gasteiger partial charge < -0.3 is 20.5 Å². The van der Waals surface area contributed by atoms with E-state index in [0.29, 0.717) is 39.8 Å². The summed E-state index contributed by atoms with van der Waals surface area (Å²) in [6, 6.07) is 26.3. The van der Waals surface area contributed by atoms with Gasteiger partial charge in [0.15, 0.2) is 0 Å². The molecule has 0 aliphatic heterocycles. The van der Waals surface area contributed by atoms with Crippen LogP contribution in [0.4, 0.5) is 5.69 Å². The summed E-state index contributed by atoms with van der Waals surface area (Å²) in [5, 5.41) is 11.5. The Morgan fingerprint density at radius 2 is 1.56 bits per heavy atom. The van der Waals surface area contributed by atoms with Crippen LogP contribution in [0.2, 0.25) is 0 Å². The Labute approximate surface area is 207 Å². The summed E-state index contributed by atoms with van der Waals surface area (Å²) in [4.78, 5) is 28.4. The molecule has 8 nitrogen and oxygen atoms in total. The van der Waals surface area contributed by atoms with Crippen molar-refractivity contribution in [3.05, 3.63) is 109 Å². The monoisotopic (exact) mass is 476 g/mol. The first kappa shape index (κ1) is 23.7. The lowest BCUT2D eigenvalue weighted by Crippen LogP contribution is -2.15. The zero-order valence-electron chi connectivity index (χ0n) is 19.0. The van der Waals surface area contributed by atoms with Gasteiger partial charge in [-0.2, -0.15) is 5.26 Å². The molecule has 3 aromatic carbocycles. The summed E-state index contributed by atoms with van der Waals surface area (Å²) in [6.45, 7) is 3.40. The molecule has 0 atom stereocenters. The van der Waals surface area contributed by atoms with E-state index in [1.807, 2.05) is 30.3 Å². The predicted molar refractivity (Wildman–Crippen MR) is 135 cm³/mol. The van der Waals surface area contributed by atoms with Gasteiger partial charge in [0, 0.05) is 11.9 Å². The molecule has 0 saturated carbocycles. The van der Waals surface area contributed by atoms with Crippen LogP contribution in [0.25, 0.3) is 11.1 Å². The topological polar surface area (TPSA) is 127 Å². The number of para-hydroxylation sites is 1. The number of benzene rings is 3. The Hall–Kier alpha value is -5.42. The second-order valence-corrected chi connectivity index (χ2v) is 7.51. The maximum Gasteiger partial charge on any atom is 0.268 e. The summed E-state index contributed by atoms with van der Waals surface area (Å²) < 4.78 is 11.9. The Morgan fingerprint density at radius 1 is 0.889 bits per heavy atom. The number of nitrogens with one attached hydrogen (secondary N) is 1. The van der Waals surface area contributed by atoms with Crippen LogP contribution >= 0.6 is 0 Å². The number of pyridine rings is 1. The lowest BCUT2D eigenvalue weighted by Gasteiger charge is -2.15. The number of nitrogens with zero attached hydrogens (tertiary/aromatic N) is 2. The van der Waals surface area contributed by atoms with Crippen molar-refractivity contribution < 1.29 is 19.1 Å². The quantitative estimate of drug-likeness (QED) is 0.257. The molecule has 0 spiro atoms. The van der Waals surface area contributed by atoms with Gasteiger partial charge in [-0.15, -0.1) is 0 Å². The highest BCUT2D eigenvalue weighted by atomic mass is 16.5. The summed E-state index contributed by atoms with van der Waals surface area (Å²) in [6.07, 6.45) is 1.42. The molecule has 0 saturated heterocycles. The summed E-state index contributed by atoms with van der Waals surface area (Å²) in [7, 11) is 0. The molecule has 36 heavy (non-hydrogen) atoms. The van der Waals surface area contributed by atoms with E-state index in [1.165, 1.54) is 6.20 Å². The Kier molecular flexibility index (Phi) is 7.03. The average molecular weight is 476 g/mol. The van der Waals surface area contributed by atoms with Crippen molar-refractivity contribution >= 4 is 17.5 Å². The minimum atomic E-state index is -0.741. The van der Waals surface area contributed by atoms with Gasteiger partial charge in [0.2, 0.25) is 0 Å². The van der Waals surface area contributed by atoms with E-state index < -0.39 is 11.8 Å². The molecule has 1 heterocycles. The number of hydrogen-bond donors (Lipinski definition) is 2. The molecule has 0 aliphatic rings. The summed E-state index contributed by atoms with van der Waals surface area (Å²) in [5.41, 5.74) is 6.63. The number of aromatic nitrogens is 1. The number of nitriles is 1. The van der Waals surface area contributed by atoms with Crippen molar-refractivity contribution in [3.8, 4) is 40.2 Å². The molecule has 0 fully saturated rings. The lowest BCUT2D eigenvalue weighted by molar-refractivity contribution is -0.112. The number of ether oxygens (including phenoxy) is 2. The highest BCUT2D eigenvalue weighted by molar-refractivity contribution is 6.06. The van der Waals surface area contributed by atoms with Crippen LogP contribution in [-0.4, -0.2) is 16.8 Å². The van der Waals surface area contributed by atoms with Crippen LogP contribution in [0.15, 0.2) is 103 Å². The Balaban J connectivity index is 1.64. The highest BCUT2D eigenvalue weighted by Crippen LogP contribution is 2.37. The molecule has 8 heteroatoms. The van der Waals surface area contributed by atoms with E-state index in [1.54, 1.807) is 60.7 Å². The van der Waals surface area contributed by atoms with Crippen molar-refractivity contribution in [3.63, 3.8) is 0 Å². The standard InChI is InChI=1S/C28H20N4O4/c1-18(17-29)28(34)32-20-7-5-6-19(16-20)25-24(14-15-31-26(25)27(30)33)36-23-12-10-22(11-13-23)35-21-8-3-2-4-9-21/h2-16H,1H2,(H2,30,33)(H,32,34). The minimum Gasteiger partial charge on any atom is -0.457 e. The molecule has 3 N–H and O–H groups in total. The normalized spacial score (nSPS) is 10.1. The first-order valence-electron chi connectivity index (χ1n) is 10.7. The molecule has 1 aromatic heterocycles. The van der Waals surface area contributed by atoms with Crippen molar-refractivity contribution in [2.24, 2.45) is 5.73 Å². The van der Waals surface area contributed by atoms with Gasteiger partial charge in [-0.05, 0) is 60.2 Å². The fraction of sp³-hybridized carbons (Fsp3) is 0. The van der Waals surface area contributed by atoms with Gasteiger partial charge in [-0.3, -0.25) is 14.6 Å². The molecule has 176 valence electrons. The van der Waals surface area contributed by atoms with Gasteiger partial charge in [0.1, 0.15) is 40.3 Å². The first-order valence-corrected chi connectivity index (χ1v) is 10.7. The molecule has 2 amide bonds. The fourth-order valence-electron chi connectivity index (χ4n) is 3.33. The zero-order valence-corrected chi connectivity index (χ0v) is 19.0. The molecule has 0 aliphatic carbocycles. The van der Waals surface area contributed by atoms with Crippen molar-refractivity contribution in [1.29, 1.82) is 5.26 Å². The number of carbonyl (C=O) groups excluding carboxylic acids is 2. The Bertz CT molecular complexity index is 1480. The molecule has 4 rings (SSSR count). The second-order valence-electron chi connectivity index (χ2n) is 7.51. The van der Waals surface area contributed by atoms with Gasteiger partial charge in [0.05, 0.1) is 5.56 Å². The minimum absolute atomic E-state index is 0.00134. The number of nitrogens with two attached hydrogens (primary N) is 1. The molecular weight excluding hydrogens is 456 g/mol. The van der Waals surface area contributed by atoms with Crippen LogP contribution in [0.1, 0.15) is 10.5 Å². The molecule has 0 unspecified atom stereocenters. The number of rotatable bonds is 8. The maximum atomic E-state index is 12.2. The van der Waals surface area contributed by atoms with E-state index >= 15 is 0 Å². The number of primary amides is 1. The molecular formula is C28H20N4O4. The lowest BCUT2D eigenvalue weighted by atomic mass is 10.0. The third-order valence-corrected chi connectivity index (χ3v) is 4.99. The first-order chi connectivity index (χ1) is 17.4. The van der Waals surface area contributed by atoms with Crippen LogP contribution in [0, 0.1) is 11.3 Å². The molecule has 0 radical (unpaired) electrons. The summed E-state index contributed by atoms with van der Waals surface area (Å²) >= 11 is 0. The largest absolute Gasteiger partial charge is 0.457 e. The third-order valence-electron chi connectivity index (χ3n) is 4.99. The van der Waals surface area contributed by atoms with Crippen LogP contribution in [0.5, 0.6) is 23.0 Å². The number of carbonyl (C=O) groups is 2. The van der Waals surface area contributed by atoms with Gasteiger partial charge in [-0.25, -0.2) is 0 Å². The zero-order chi connectivity index (χ0) is 25.5. The van der Waals surface area contributed by atoms with E-state index in [9.17, 15) is 9.59 Å². The van der Waals surface area contributed by atoms with Crippen LogP contribution < -0.4 is 20.5 Å². The van der Waals surface area contributed by atoms with Crippen molar-refractivity contribution in [2.75, 3.05) is 5.32 Å². The van der Waals surface area contributed by atoms with E-state index in [4.69, 9.17) is 20.5 Å². The van der Waals surface area contributed by atoms with E-state index in [-0.39, 0.29) is 11.3 Å². The maximum absolute atomic E-state index is 12.2. The smallest absolute Gasteiger partial charge is 0.268 e. The highest BCUT2D eigenvalue weighted by Gasteiger charge is 2.19. The number of hydrogen-bond acceptors (Lipinski definition) is 6. The predicted octanol–water partition coefficient (Wildman–Crippen LogP) is 5.45. The van der Waals surface area contributed by atoms with E-state index in [0.717, 1.165) is 0 Å². The number of amides is 2. The van der Waals surface area contributed by atoms with Gasteiger partial charge >= 0.3 is 0 Å². The average Bonchev–Trinajstić information content (AvgIpc) is 2.90. The molecule has 4 aromatic rings. The number of anilines is 1. The van der Waals surface area contributed by atoms with Crippen LogP contribution in [-0.2, 0) is 4.79 Å². The third kappa shape index (κ3) is 5.55. The van der Waals surface area contributed by atoms with E-state index in [2.05, 4.69) is 16.9 Å². The van der Waals surface area contributed by atoms with Crippen molar-refractivity contribution in [2.45, 2.75) is 0 Å². The molecule has 0 bridgehead atoms. The van der Waals surface area contributed by atoms with Crippen LogP contribution in [0.3, 0.4) is 0 Å². The van der Waals surface area contributed by atoms with Crippen molar-refractivity contribution in [1.82, 2.24) is 4.98 Å².